The number of piperidine rings is 1. The first-order valence-corrected chi connectivity index (χ1v) is 12.4. The Hall–Kier alpha value is -3.57. The van der Waals surface area contributed by atoms with E-state index < -0.39 is 0 Å². The summed E-state index contributed by atoms with van der Waals surface area (Å²) >= 11 is 0. The van der Waals surface area contributed by atoms with Gasteiger partial charge in [-0.3, -0.25) is 14.7 Å². The van der Waals surface area contributed by atoms with Crippen molar-refractivity contribution in [2.75, 3.05) is 0 Å². The van der Waals surface area contributed by atoms with Crippen LogP contribution < -0.4 is 5.32 Å². The van der Waals surface area contributed by atoms with Crippen molar-refractivity contribution in [1.82, 2.24) is 15.2 Å². The monoisotopic (exact) mass is 465 g/mol. The molecular formula is C30H28FN3O. The highest BCUT2D eigenvalue weighted by atomic mass is 19.1. The summed E-state index contributed by atoms with van der Waals surface area (Å²) in [5, 5.41) is 5.35. The van der Waals surface area contributed by atoms with E-state index in [1.165, 1.54) is 24.5 Å². The lowest BCUT2D eigenvalue weighted by Crippen LogP contribution is -2.50. The van der Waals surface area contributed by atoms with Crippen LogP contribution in [0.2, 0.25) is 0 Å². The van der Waals surface area contributed by atoms with E-state index in [1.807, 2.05) is 48.5 Å². The van der Waals surface area contributed by atoms with E-state index in [2.05, 4.69) is 27.3 Å². The molecule has 0 aliphatic carbocycles. The zero-order valence-corrected chi connectivity index (χ0v) is 19.5. The maximum absolute atomic E-state index is 13.5. The molecule has 3 aromatic carbocycles. The number of rotatable bonds is 5. The van der Waals surface area contributed by atoms with Crippen LogP contribution in [0.4, 0.5) is 4.39 Å². The van der Waals surface area contributed by atoms with E-state index >= 15 is 0 Å². The van der Waals surface area contributed by atoms with E-state index in [1.54, 1.807) is 18.5 Å². The second-order valence-corrected chi connectivity index (χ2v) is 9.81. The number of amides is 1. The number of hydrogen-bond acceptors (Lipinski definition) is 3. The normalized spacial score (nSPS) is 21.8. The van der Waals surface area contributed by atoms with Crippen molar-refractivity contribution in [2.45, 2.75) is 50.4 Å². The van der Waals surface area contributed by atoms with Crippen molar-refractivity contribution in [3.63, 3.8) is 0 Å². The molecule has 2 aliphatic heterocycles. The highest BCUT2D eigenvalue weighted by Gasteiger charge is 2.41. The lowest BCUT2D eigenvalue weighted by molar-refractivity contribution is 0.0828. The zero-order chi connectivity index (χ0) is 23.8. The molecule has 3 heterocycles. The summed E-state index contributed by atoms with van der Waals surface area (Å²) in [5.41, 5.74) is 3.82. The topological polar surface area (TPSA) is 45.2 Å². The summed E-state index contributed by atoms with van der Waals surface area (Å²) in [6.45, 7) is 0.896. The lowest BCUT2D eigenvalue weighted by Gasteiger charge is -2.39. The fourth-order valence-corrected chi connectivity index (χ4v) is 5.94. The van der Waals surface area contributed by atoms with Crippen molar-refractivity contribution in [3.05, 3.63) is 102 Å². The Morgan fingerprint density at radius 3 is 2.51 bits per heavy atom. The Kier molecular flexibility index (Phi) is 5.78. The first-order valence-electron chi connectivity index (χ1n) is 12.4. The molecule has 1 aromatic heterocycles. The molecule has 0 radical (unpaired) electrons. The number of halogens is 1. The van der Waals surface area contributed by atoms with Gasteiger partial charge in [0.25, 0.3) is 5.91 Å². The van der Waals surface area contributed by atoms with E-state index in [4.69, 9.17) is 0 Å². The van der Waals surface area contributed by atoms with E-state index in [-0.39, 0.29) is 17.8 Å². The molecule has 35 heavy (non-hydrogen) atoms. The van der Waals surface area contributed by atoms with Gasteiger partial charge in [0.1, 0.15) is 5.82 Å². The minimum absolute atomic E-state index is 0.0101. The fraction of sp³-hybridized carbons (Fsp3) is 0.267. The van der Waals surface area contributed by atoms with Crippen molar-refractivity contribution in [2.24, 2.45) is 0 Å². The molecule has 1 amide bonds. The van der Waals surface area contributed by atoms with Crippen molar-refractivity contribution >= 4 is 16.7 Å². The minimum atomic E-state index is -0.199. The third-order valence-electron chi connectivity index (χ3n) is 7.60. The quantitative estimate of drug-likeness (QED) is 0.395. The first-order chi connectivity index (χ1) is 17.1. The number of carbonyl (C=O) groups is 1. The number of hydrogen-bond donors (Lipinski definition) is 1. The molecule has 5 heteroatoms. The third-order valence-corrected chi connectivity index (χ3v) is 7.60. The summed E-state index contributed by atoms with van der Waals surface area (Å²) in [5.74, 6) is -0.209. The molecule has 0 saturated carbocycles. The van der Waals surface area contributed by atoms with Gasteiger partial charge in [0.05, 0.1) is 0 Å². The van der Waals surface area contributed by atoms with Gasteiger partial charge in [-0.25, -0.2) is 4.39 Å². The maximum Gasteiger partial charge on any atom is 0.252 e. The Bertz CT molecular complexity index is 1360. The predicted octanol–water partition coefficient (Wildman–Crippen LogP) is 5.97. The van der Waals surface area contributed by atoms with E-state index in [0.717, 1.165) is 41.3 Å². The fourth-order valence-electron chi connectivity index (χ4n) is 5.94. The summed E-state index contributed by atoms with van der Waals surface area (Å²) in [4.78, 5) is 20.1. The highest BCUT2D eigenvalue weighted by Crippen LogP contribution is 2.37. The number of aromatic nitrogens is 1. The minimum Gasteiger partial charge on any atom is -0.349 e. The van der Waals surface area contributed by atoms with Gasteiger partial charge in [0.15, 0.2) is 0 Å². The molecule has 1 N–H and O–H groups in total. The van der Waals surface area contributed by atoms with E-state index in [0.29, 0.717) is 17.6 Å². The largest absolute Gasteiger partial charge is 0.349 e. The molecule has 0 unspecified atom stereocenters. The number of pyridine rings is 1. The smallest absolute Gasteiger partial charge is 0.252 e. The van der Waals surface area contributed by atoms with Gasteiger partial charge in [-0.2, -0.15) is 0 Å². The van der Waals surface area contributed by atoms with Crippen LogP contribution in [0.5, 0.6) is 0 Å². The molecular weight excluding hydrogens is 437 g/mol. The second-order valence-electron chi connectivity index (χ2n) is 9.81. The van der Waals surface area contributed by atoms with Gasteiger partial charge < -0.3 is 5.32 Å². The van der Waals surface area contributed by atoms with E-state index in [9.17, 15) is 9.18 Å². The van der Waals surface area contributed by atoms with Gasteiger partial charge in [-0.1, -0.05) is 42.5 Å². The van der Waals surface area contributed by atoms with Gasteiger partial charge >= 0.3 is 0 Å². The summed E-state index contributed by atoms with van der Waals surface area (Å²) in [7, 11) is 0. The lowest BCUT2D eigenvalue weighted by atomic mass is 9.95. The van der Waals surface area contributed by atoms with Crippen LogP contribution in [-0.4, -0.2) is 33.9 Å². The van der Waals surface area contributed by atoms with Crippen LogP contribution in [-0.2, 0) is 6.54 Å². The predicted molar refractivity (Wildman–Crippen MR) is 136 cm³/mol. The standard InChI is InChI=1S/C30H28FN3O/c31-24-10-9-21-14-20(7-8-22(21)15-24)19-34-26-11-12-27(34)17-25(16-26)33-30(35)29-6-2-1-5-28(29)23-4-3-13-32-18-23/h1-10,13-15,18,25-27H,11-12,16-17,19H2,(H,33,35)/t26-,27-/m1/s1. The van der Waals surface area contributed by atoms with Crippen LogP contribution >= 0.6 is 0 Å². The molecule has 4 aromatic rings. The first kappa shape index (κ1) is 21.9. The molecule has 176 valence electrons. The van der Waals surface area contributed by atoms with Crippen molar-refractivity contribution < 1.29 is 9.18 Å². The summed E-state index contributed by atoms with van der Waals surface area (Å²) in [6.07, 6.45) is 7.82. The second kappa shape index (κ2) is 9.23. The van der Waals surface area contributed by atoms with Crippen LogP contribution in [0.3, 0.4) is 0 Å². The number of nitrogens with zero attached hydrogens (tertiary/aromatic N) is 2. The van der Waals surface area contributed by atoms with Crippen LogP contribution in [0.1, 0.15) is 41.6 Å². The molecule has 0 spiro atoms. The Morgan fingerprint density at radius 1 is 0.943 bits per heavy atom. The molecule has 2 atom stereocenters. The van der Waals surface area contributed by atoms with Crippen molar-refractivity contribution in [3.8, 4) is 11.1 Å². The van der Waals surface area contributed by atoms with Gasteiger partial charge in [-0.05, 0) is 77.9 Å². The van der Waals surface area contributed by atoms with Crippen LogP contribution in [0.25, 0.3) is 21.9 Å². The number of fused-ring (bicyclic) bond motifs is 3. The molecule has 2 bridgehead atoms. The van der Waals surface area contributed by atoms with Crippen LogP contribution in [0, 0.1) is 5.82 Å². The number of benzene rings is 3. The molecule has 2 aliphatic rings. The number of carbonyl (C=O) groups excluding carboxylic acids is 1. The van der Waals surface area contributed by atoms with Crippen molar-refractivity contribution in [1.29, 1.82) is 0 Å². The van der Waals surface area contributed by atoms with Gasteiger partial charge in [0.2, 0.25) is 0 Å². The molecule has 6 rings (SSSR count). The Morgan fingerprint density at radius 2 is 1.71 bits per heavy atom. The summed E-state index contributed by atoms with van der Waals surface area (Å²) < 4.78 is 13.5. The summed E-state index contributed by atoms with van der Waals surface area (Å²) in [6, 6.07) is 24.0. The highest BCUT2D eigenvalue weighted by molar-refractivity contribution is 6.01. The Balaban J connectivity index is 1.14. The van der Waals surface area contributed by atoms with Gasteiger partial charge in [-0.15, -0.1) is 0 Å². The van der Waals surface area contributed by atoms with Crippen LogP contribution in [0.15, 0.2) is 85.2 Å². The maximum atomic E-state index is 13.5. The molecule has 4 nitrogen and oxygen atoms in total. The zero-order valence-electron chi connectivity index (χ0n) is 19.5. The molecule has 2 fully saturated rings. The number of nitrogens with one attached hydrogen (secondary N) is 1. The van der Waals surface area contributed by atoms with Gasteiger partial charge in [0, 0.05) is 48.2 Å². The third kappa shape index (κ3) is 4.44. The average Bonchev–Trinajstić information content (AvgIpc) is 3.11. The SMILES string of the molecule is O=C(NC1C[C@H]2CC[C@H](C1)N2Cc1ccc2cc(F)ccc2c1)c1ccccc1-c1cccnc1. The Labute approximate surface area is 204 Å². The molecule has 2 saturated heterocycles. The average molecular weight is 466 g/mol.